The third kappa shape index (κ3) is 2.67. The number of nitrogens with zero attached hydrogens (tertiary/aromatic N) is 1. The van der Waals surface area contributed by atoms with Gasteiger partial charge in [-0.2, -0.15) is 0 Å². The van der Waals surface area contributed by atoms with Crippen molar-refractivity contribution in [1.29, 1.82) is 0 Å². The lowest BCUT2D eigenvalue weighted by Gasteiger charge is -2.14. The Morgan fingerprint density at radius 3 is 3.12 bits per heavy atom. The predicted molar refractivity (Wildman–Crippen MR) is 60.9 cm³/mol. The first-order valence-corrected chi connectivity index (χ1v) is 5.78. The molecule has 2 rings (SSSR count). The number of amides is 2. The van der Waals surface area contributed by atoms with Gasteiger partial charge in [0.25, 0.3) is 0 Å². The molecule has 92 valence electrons. The largest absolute Gasteiger partial charge is 0.467 e. The van der Waals surface area contributed by atoms with E-state index in [2.05, 4.69) is 5.32 Å². The first-order chi connectivity index (χ1) is 8.20. The molecular weight excluding hydrogens is 220 g/mol. The molecule has 1 atom stereocenters. The molecule has 1 N–H and O–H groups in total. The van der Waals surface area contributed by atoms with Crippen molar-refractivity contribution in [2.45, 2.75) is 19.9 Å². The van der Waals surface area contributed by atoms with E-state index in [9.17, 15) is 9.59 Å². The van der Waals surface area contributed by atoms with E-state index in [1.54, 1.807) is 17.2 Å². The lowest BCUT2D eigenvalue weighted by Crippen LogP contribution is -2.32. The third-order valence-electron chi connectivity index (χ3n) is 2.86. The van der Waals surface area contributed by atoms with Crippen molar-refractivity contribution in [3.63, 3.8) is 0 Å². The molecule has 0 aliphatic carbocycles. The van der Waals surface area contributed by atoms with Crippen LogP contribution in [0.15, 0.2) is 22.8 Å². The molecule has 2 amide bonds. The predicted octanol–water partition coefficient (Wildman–Crippen LogP) is 0.764. The number of furan rings is 1. The Bertz CT molecular complexity index is 400. The van der Waals surface area contributed by atoms with E-state index in [1.165, 1.54) is 0 Å². The summed E-state index contributed by atoms with van der Waals surface area (Å²) in [4.78, 5) is 25.0. The van der Waals surface area contributed by atoms with Gasteiger partial charge in [-0.15, -0.1) is 0 Å². The first-order valence-electron chi connectivity index (χ1n) is 5.78. The van der Waals surface area contributed by atoms with Gasteiger partial charge < -0.3 is 14.6 Å². The van der Waals surface area contributed by atoms with Crippen molar-refractivity contribution in [2.75, 3.05) is 13.1 Å². The average molecular weight is 236 g/mol. The van der Waals surface area contributed by atoms with E-state index in [4.69, 9.17) is 4.42 Å². The fraction of sp³-hybridized carbons (Fsp3) is 0.500. The molecular formula is C12H16N2O3. The number of hydrogen-bond acceptors (Lipinski definition) is 3. The molecule has 0 saturated carbocycles. The molecule has 5 heteroatoms. The molecule has 0 aromatic carbocycles. The summed E-state index contributed by atoms with van der Waals surface area (Å²) in [5.41, 5.74) is 0. The number of likely N-dealkylation sites (tertiary alicyclic amines) is 1. The zero-order chi connectivity index (χ0) is 12.3. The quantitative estimate of drug-likeness (QED) is 0.839. The van der Waals surface area contributed by atoms with Crippen LogP contribution in [0.25, 0.3) is 0 Å². The molecule has 1 aromatic heterocycles. The third-order valence-corrected chi connectivity index (χ3v) is 2.86. The van der Waals surface area contributed by atoms with Gasteiger partial charge in [0, 0.05) is 19.5 Å². The molecule has 17 heavy (non-hydrogen) atoms. The monoisotopic (exact) mass is 236 g/mol. The van der Waals surface area contributed by atoms with Gasteiger partial charge in [-0.3, -0.25) is 9.59 Å². The van der Waals surface area contributed by atoms with Crippen molar-refractivity contribution in [3.8, 4) is 0 Å². The first kappa shape index (κ1) is 11.7. The Hall–Kier alpha value is -1.78. The molecule has 0 bridgehead atoms. The summed E-state index contributed by atoms with van der Waals surface area (Å²) in [7, 11) is 0. The van der Waals surface area contributed by atoms with E-state index < -0.39 is 0 Å². The summed E-state index contributed by atoms with van der Waals surface area (Å²) < 4.78 is 5.19. The van der Waals surface area contributed by atoms with Gasteiger partial charge in [-0.25, -0.2) is 0 Å². The van der Waals surface area contributed by atoms with Gasteiger partial charge in [-0.05, 0) is 19.1 Å². The molecule has 1 saturated heterocycles. The van der Waals surface area contributed by atoms with Crippen molar-refractivity contribution in [2.24, 2.45) is 5.92 Å². The zero-order valence-electron chi connectivity index (χ0n) is 9.81. The molecule has 1 aliphatic heterocycles. The highest BCUT2D eigenvalue weighted by Crippen LogP contribution is 2.20. The van der Waals surface area contributed by atoms with Crippen molar-refractivity contribution in [1.82, 2.24) is 10.2 Å². The van der Waals surface area contributed by atoms with Crippen LogP contribution in [-0.2, 0) is 16.1 Å². The van der Waals surface area contributed by atoms with E-state index >= 15 is 0 Å². The van der Waals surface area contributed by atoms with Crippen molar-refractivity contribution in [3.05, 3.63) is 24.2 Å². The Balaban J connectivity index is 1.93. The second kappa shape index (κ2) is 5.03. The fourth-order valence-electron chi connectivity index (χ4n) is 2.01. The normalized spacial score (nSPS) is 19.7. The van der Waals surface area contributed by atoms with Crippen LogP contribution in [-0.4, -0.2) is 29.8 Å². The summed E-state index contributed by atoms with van der Waals surface area (Å²) in [6, 6.07) is 3.61. The van der Waals surface area contributed by atoms with Gasteiger partial charge >= 0.3 is 0 Å². The van der Waals surface area contributed by atoms with E-state index in [0.29, 0.717) is 26.1 Å². The number of carbonyl (C=O) groups excluding carboxylic acids is 2. The minimum Gasteiger partial charge on any atom is -0.467 e. The van der Waals surface area contributed by atoms with Gasteiger partial charge in [-0.1, -0.05) is 0 Å². The molecule has 0 spiro atoms. The molecule has 1 fully saturated rings. The van der Waals surface area contributed by atoms with Crippen LogP contribution < -0.4 is 5.32 Å². The molecule has 1 aliphatic rings. The molecule has 2 heterocycles. The number of hydrogen-bond donors (Lipinski definition) is 1. The smallest absolute Gasteiger partial charge is 0.225 e. The fourth-order valence-corrected chi connectivity index (χ4v) is 2.01. The maximum Gasteiger partial charge on any atom is 0.225 e. The van der Waals surface area contributed by atoms with Crippen LogP contribution in [0.4, 0.5) is 0 Å². The minimum absolute atomic E-state index is 0.0117. The summed E-state index contributed by atoms with van der Waals surface area (Å²) >= 11 is 0. The molecule has 5 nitrogen and oxygen atoms in total. The maximum atomic E-state index is 11.7. The topological polar surface area (TPSA) is 62.6 Å². The van der Waals surface area contributed by atoms with E-state index in [-0.39, 0.29) is 17.7 Å². The van der Waals surface area contributed by atoms with Gasteiger partial charge in [0.05, 0.1) is 18.7 Å². The highest BCUT2D eigenvalue weighted by atomic mass is 16.3. The van der Waals surface area contributed by atoms with Crippen LogP contribution >= 0.6 is 0 Å². The van der Waals surface area contributed by atoms with E-state index in [1.807, 2.05) is 13.0 Å². The molecule has 1 aromatic rings. The second-order valence-electron chi connectivity index (χ2n) is 4.15. The van der Waals surface area contributed by atoms with Gasteiger partial charge in [0.15, 0.2) is 0 Å². The zero-order valence-corrected chi connectivity index (χ0v) is 9.81. The lowest BCUT2D eigenvalue weighted by atomic mass is 10.1. The Labute approximate surface area is 99.8 Å². The summed E-state index contributed by atoms with van der Waals surface area (Å²) in [5, 5.41) is 2.75. The van der Waals surface area contributed by atoms with Crippen LogP contribution in [0.2, 0.25) is 0 Å². The number of rotatable bonds is 4. The second-order valence-corrected chi connectivity index (χ2v) is 4.15. The minimum atomic E-state index is -0.225. The van der Waals surface area contributed by atoms with E-state index in [0.717, 1.165) is 5.76 Å². The van der Waals surface area contributed by atoms with Crippen LogP contribution in [0.3, 0.4) is 0 Å². The van der Waals surface area contributed by atoms with Crippen molar-refractivity contribution < 1.29 is 14.0 Å². The lowest BCUT2D eigenvalue weighted by molar-refractivity contribution is -0.129. The number of nitrogens with one attached hydrogen (secondary N) is 1. The summed E-state index contributed by atoms with van der Waals surface area (Å²) in [6.45, 7) is 3.39. The summed E-state index contributed by atoms with van der Waals surface area (Å²) in [6.07, 6.45) is 1.88. The Morgan fingerprint density at radius 2 is 2.47 bits per heavy atom. The van der Waals surface area contributed by atoms with Gasteiger partial charge in [0.2, 0.25) is 11.8 Å². The van der Waals surface area contributed by atoms with Gasteiger partial charge in [0.1, 0.15) is 5.76 Å². The summed E-state index contributed by atoms with van der Waals surface area (Å²) in [5.74, 6) is 0.493. The van der Waals surface area contributed by atoms with Crippen LogP contribution in [0.1, 0.15) is 19.1 Å². The Morgan fingerprint density at radius 1 is 1.65 bits per heavy atom. The SMILES string of the molecule is CCNC(=O)C1CC(=O)N(Cc2ccco2)C1. The Kier molecular flexibility index (Phi) is 3.46. The standard InChI is InChI=1S/C12H16N2O3/c1-2-13-12(16)9-6-11(15)14(7-9)8-10-4-3-5-17-10/h3-5,9H,2,6-8H2,1H3,(H,13,16). The average Bonchev–Trinajstić information content (AvgIpc) is 2.91. The highest BCUT2D eigenvalue weighted by molar-refractivity contribution is 5.89. The molecule has 0 radical (unpaired) electrons. The maximum absolute atomic E-state index is 11.7. The van der Waals surface area contributed by atoms with Crippen molar-refractivity contribution >= 4 is 11.8 Å². The van der Waals surface area contributed by atoms with Crippen LogP contribution in [0.5, 0.6) is 0 Å². The van der Waals surface area contributed by atoms with Crippen LogP contribution in [0, 0.1) is 5.92 Å². The number of carbonyl (C=O) groups is 2. The highest BCUT2D eigenvalue weighted by Gasteiger charge is 2.34. The molecule has 1 unspecified atom stereocenters.